The van der Waals surface area contributed by atoms with Gasteiger partial charge in [0.15, 0.2) is 5.43 Å². The number of hydrogen-bond acceptors (Lipinski definition) is 10. The Kier molecular flexibility index (Phi) is 12.2. The van der Waals surface area contributed by atoms with E-state index in [0.717, 1.165) is 11.8 Å². The quantitative estimate of drug-likeness (QED) is 0.227. The topological polar surface area (TPSA) is 142 Å². The summed E-state index contributed by atoms with van der Waals surface area (Å²) in [5.74, 6) is -1.51. The van der Waals surface area contributed by atoms with Crippen LogP contribution in [0.15, 0.2) is 70.1 Å². The number of aromatic nitrogens is 1. The van der Waals surface area contributed by atoms with Gasteiger partial charge in [-0.2, -0.15) is 0 Å². The van der Waals surface area contributed by atoms with Crippen LogP contribution in [0.2, 0.25) is 5.02 Å². The van der Waals surface area contributed by atoms with E-state index >= 15 is 0 Å². The number of phenols is 2. The summed E-state index contributed by atoms with van der Waals surface area (Å²) in [6, 6.07) is 13.2. The predicted molar refractivity (Wildman–Crippen MR) is 185 cm³/mol. The number of aromatic hydroxyl groups is 2. The third-order valence-electron chi connectivity index (χ3n) is 8.62. The molecule has 4 N–H and O–H groups in total. The second-order valence-electron chi connectivity index (χ2n) is 11.4. The van der Waals surface area contributed by atoms with Gasteiger partial charge in [-0.25, -0.2) is 0 Å². The lowest BCUT2D eigenvalue weighted by molar-refractivity contribution is -0.160. The number of ether oxygens (including phenoxy) is 1. The summed E-state index contributed by atoms with van der Waals surface area (Å²) in [7, 11) is 1.92. The molecule has 46 heavy (non-hydrogen) atoms. The Morgan fingerprint density at radius 2 is 1.72 bits per heavy atom. The van der Waals surface area contributed by atoms with Crippen molar-refractivity contribution in [3.05, 3.63) is 81.7 Å². The molecule has 2 fully saturated rings. The summed E-state index contributed by atoms with van der Waals surface area (Å²) < 4.78 is 12.4. The lowest BCUT2D eigenvalue weighted by Crippen LogP contribution is -2.58. The number of likely N-dealkylation sites (tertiary alicyclic amines) is 1. The van der Waals surface area contributed by atoms with Crippen molar-refractivity contribution in [2.45, 2.75) is 36.8 Å². The molecule has 10 nitrogen and oxygen atoms in total. The van der Waals surface area contributed by atoms with Crippen molar-refractivity contribution < 1.29 is 24.2 Å². The fourth-order valence-electron chi connectivity index (χ4n) is 6.17. The third-order valence-corrected chi connectivity index (χ3v) is 8.95. The number of rotatable bonds is 5. The molecule has 0 bridgehead atoms. The normalized spacial score (nSPS) is 19.3. The number of benzene rings is 2. The molecule has 2 atom stereocenters. The van der Waals surface area contributed by atoms with Crippen LogP contribution in [-0.2, 0) is 9.53 Å². The number of phenolic OH excluding ortho intramolecular Hbond substituents is 2. The Labute approximate surface area is 289 Å². The molecule has 2 saturated heterocycles. The van der Waals surface area contributed by atoms with Crippen molar-refractivity contribution in [3.63, 3.8) is 0 Å². The van der Waals surface area contributed by atoms with Gasteiger partial charge in [-0.1, -0.05) is 23.7 Å². The molecule has 6 rings (SSSR count). The molecular formula is C32H36Cl4N4O6. The summed E-state index contributed by atoms with van der Waals surface area (Å²) in [6.45, 7) is 2.20. The number of halogens is 4. The van der Waals surface area contributed by atoms with E-state index in [1.54, 1.807) is 36.7 Å². The number of fused-ring (bicyclic) bond motifs is 1. The minimum atomic E-state index is -1.17. The maximum atomic E-state index is 13.7. The highest BCUT2D eigenvalue weighted by Crippen LogP contribution is 2.44. The van der Waals surface area contributed by atoms with E-state index in [4.69, 9.17) is 26.5 Å². The highest BCUT2D eigenvalue weighted by atomic mass is 35.5. The zero-order valence-electron chi connectivity index (χ0n) is 24.9. The summed E-state index contributed by atoms with van der Waals surface area (Å²) >= 11 is 6.40. The van der Waals surface area contributed by atoms with Crippen LogP contribution in [-0.4, -0.2) is 70.9 Å². The van der Waals surface area contributed by atoms with Crippen molar-refractivity contribution >= 4 is 71.4 Å². The number of piperidine rings is 2. The monoisotopic (exact) mass is 712 g/mol. The lowest BCUT2D eigenvalue weighted by atomic mass is 9.84. The van der Waals surface area contributed by atoms with E-state index in [1.165, 1.54) is 6.07 Å². The Bertz CT molecular complexity index is 1730. The van der Waals surface area contributed by atoms with E-state index in [2.05, 4.69) is 9.88 Å². The van der Waals surface area contributed by atoms with Gasteiger partial charge in [0.2, 0.25) is 0 Å². The van der Waals surface area contributed by atoms with Gasteiger partial charge in [0.25, 0.3) is 0 Å². The number of likely N-dealkylation sites (N-methyl/N-ethyl adjacent to an activating group) is 1. The molecule has 2 aliphatic heterocycles. The van der Waals surface area contributed by atoms with Gasteiger partial charge in [-0.05, 0) is 57.1 Å². The molecule has 2 aromatic carbocycles. The van der Waals surface area contributed by atoms with Crippen LogP contribution in [0.25, 0.3) is 22.3 Å². The van der Waals surface area contributed by atoms with Gasteiger partial charge in [0.1, 0.15) is 39.9 Å². The van der Waals surface area contributed by atoms with Crippen LogP contribution in [0, 0.1) is 0 Å². The number of pyridine rings is 1. The molecule has 14 heteroatoms. The van der Waals surface area contributed by atoms with E-state index in [9.17, 15) is 19.8 Å². The van der Waals surface area contributed by atoms with Crippen LogP contribution in [0.4, 0.5) is 5.69 Å². The number of carbonyl (C=O) groups is 1. The number of esters is 1. The van der Waals surface area contributed by atoms with Crippen LogP contribution < -0.4 is 16.1 Å². The van der Waals surface area contributed by atoms with Crippen molar-refractivity contribution in [2.24, 2.45) is 5.73 Å². The van der Waals surface area contributed by atoms with Crippen molar-refractivity contribution in [3.8, 4) is 22.8 Å². The van der Waals surface area contributed by atoms with E-state index in [0.29, 0.717) is 61.6 Å². The number of carbonyl (C=O) groups excluding carboxylic acids is 1. The number of nitrogens with two attached hydrogens (primary N) is 1. The zero-order valence-corrected chi connectivity index (χ0v) is 28.1. The lowest BCUT2D eigenvalue weighted by Gasteiger charge is -2.41. The molecule has 248 valence electrons. The Morgan fingerprint density at radius 1 is 1.04 bits per heavy atom. The maximum absolute atomic E-state index is 13.7. The highest BCUT2D eigenvalue weighted by Gasteiger charge is 2.43. The molecule has 2 aliphatic rings. The molecule has 4 heterocycles. The summed E-state index contributed by atoms with van der Waals surface area (Å²) in [5, 5.41) is 22.2. The molecule has 0 spiro atoms. The summed E-state index contributed by atoms with van der Waals surface area (Å²) in [6.07, 6.45) is 4.08. The Hall–Kier alpha value is -3.25. The molecular weight excluding hydrogens is 678 g/mol. The van der Waals surface area contributed by atoms with E-state index in [1.807, 2.05) is 24.1 Å². The van der Waals surface area contributed by atoms with Gasteiger partial charge < -0.3 is 34.9 Å². The third kappa shape index (κ3) is 7.17. The smallest absolute Gasteiger partial charge is 0.326 e. The first-order valence-electron chi connectivity index (χ1n) is 14.3. The van der Waals surface area contributed by atoms with E-state index in [-0.39, 0.29) is 59.7 Å². The molecule has 0 radical (unpaired) electrons. The maximum Gasteiger partial charge on any atom is 0.326 e. The van der Waals surface area contributed by atoms with Crippen LogP contribution in [0.1, 0.15) is 30.7 Å². The SMILES string of the molecule is CN1CC[C@H](c2c(O)cc(O)c3c(=O)cc(-c4ccccc4Cl)oc23)[C@H](OC(=O)C2(N)CCN(c3ccncc3)CC2)C1.Cl.Cl.Cl. The fourth-order valence-corrected chi connectivity index (χ4v) is 6.40. The van der Waals surface area contributed by atoms with Crippen molar-refractivity contribution in [2.75, 3.05) is 38.1 Å². The standard InChI is InChI=1S/C32H33ClN4O6.3ClH/c1-36-13-8-21(27(18-36)43-31(41)32(34)9-14-37(15-10-32)19-6-11-35-12-7-19)28-23(38)16-24(39)29-25(40)17-26(42-30(28)29)20-4-2-3-5-22(20)33;;;/h2-7,11-12,16-17,21,27,38-39H,8-10,13-15,18,34H2,1H3;3*1H/t21-,27+;;;/m0.../s1. The van der Waals surface area contributed by atoms with E-state index < -0.39 is 34.7 Å². The highest BCUT2D eigenvalue weighted by molar-refractivity contribution is 6.33. The van der Waals surface area contributed by atoms with Gasteiger partial charge in [0, 0.05) is 66.9 Å². The van der Waals surface area contributed by atoms with Crippen molar-refractivity contribution in [1.29, 1.82) is 0 Å². The molecule has 0 saturated carbocycles. The second-order valence-corrected chi connectivity index (χ2v) is 11.8. The van der Waals surface area contributed by atoms with Gasteiger partial charge in [-0.3, -0.25) is 14.6 Å². The first kappa shape index (κ1) is 37.2. The minimum absolute atomic E-state index is 0. The Balaban J connectivity index is 0.00000192. The van der Waals surface area contributed by atoms with Crippen LogP contribution >= 0.6 is 48.8 Å². The molecule has 0 unspecified atom stereocenters. The first-order valence-corrected chi connectivity index (χ1v) is 14.6. The zero-order chi connectivity index (χ0) is 30.3. The minimum Gasteiger partial charge on any atom is -0.507 e. The molecule has 0 aliphatic carbocycles. The molecule has 2 aromatic heterocycles. The van der Waals surface area contributed by atoms with Gasteiger partial charge in [-0.15, -0.1) is 37.2 Å². The predicted octanol–water partition coefficient (Wildman–Crippen LogP) is 5.51. The van der Waals surface area contributed by atoms with Crippen molar-refractivity contribution in [1.82, 2.24) is 9.88 Å². The Morgan fingerprint density at radius 3 is 2.39 bits per heavy atom. The van der Waals surface area contributed by atoms with Crippen LogP contribution in [0.5, 0.6) is 11.5 Å². The largest absolute Gasteiger partial charge is 0.507 e. The van der Waals surface area contributed by atoms with Gasteiger partial charge >= 0.3 is 5.97 Å². The molecule has 0 amide bonds. The number of nitrogens with zero attached hydrogens (tertiary/aromatic N) is 3. The van der Waals surface area contributed by atoms with Crippen LogP contribution in [0.3, 0.4) is 0 Å². The summed E-state index contributed by atoms with van der Waals surface area (Å²) in [4.78, 5) is 35.2. The average molecular weight is 714 g/mol. The second kappa shape index (κ2) is 15.1. The summed E-state index contributed by atoms with van der Waals surface area (Å²) in [5.41, 5.74) is 6.83. The number of anilines is 1. The average Bonchev–Trinajstić information content (AvgIpc) is 2.98. The molecule has 4 aromatic rings. The first-order chi connectivity index (χ1) is 20.6. The van der Waals surface area contributed by atoms with Gasteiger partial charge in [0.05, 0.1) is 5.02 Å². The number of hydrogen-bond donors (Lipinski definition) is 3. The fraction of sp³-hybridized carbons (Fsp3) is 0.344.